The molecule has 0 spiro atoms. The Hall–Kier alpha value is -1.00. The minimum atomic E-state index is -0.403. The number of amides is 1. The molecule has 21 heavy (non-hydrogen) atoms. The fraction of sp³-hybridized carbons (Fsp3) is 0.588. The van der Waals surface area contributed by atoms with Gasteiger partial charge in [0.2, 0.25) is 5.91 Å². The van der Waals surface area contributed by atoms with Crippen molar-refractivity contribution >= 4 is 17.7 Å². The van der Waals surface area contributed by atoms with Crippen LogP contribution in [-0.4, -0.2) is 30.5 Å². The lowest BCUT2D eigenvalue weighted by Gasteiger charge is -2.33. The first kappa shape index (κ1) is 18.1. The number of carbonyl (C=O) groups excluding carboxylic acids is 1. The van der Waals surface area contributed by atoms with Gasteiger partial charge in [-0.15, -0.1) is 0 Å². The molecule has 0 saturated heterocycles. The molecule has 0 aliphatic rings. The van der Waals surface area contributed by atoms with Gasteiger partial charge in [0.1, 0.15) is 0 Å². The molecule has 4 heteroatoms. The van der Waals surface area contributed by atoms with Crippen molar-refractivity contribution in [3.8, 4) is 0 Å². The van der Waals surface area contributed by atoms with E-state index in [0.29, 0.717) is 6.54 Å². The number of nitrogens with two attached hydrogens (primary N) is 1. The Kier molecular flexibility index (Phi) is 7.83. The van der Waals surface area contributed by atoms with Crippen LogP contribution in [0.25, 0.3) is 0 Å². The van der Waals surface area contributed by atoms with E-state index in [1.54, 1.807) is 11.8 Å². The predicted molar refractivity (Wildman–Crippen MR) is 92.7 cm³/mol. The van der Waals surface area contributed by atoms with Crippen molar-refractivity contribution in [3.05, 3.63) is 35.9 Å². The van der Waals surface area contributed by atoms with E-state index < -0.39 is 6.04 Å². The lowest BCUT2D eigenvalue weighted by molar-refractivity contribution is -0.122. The van der Waals surface area contributed by atoms with Crippen LogP contribution in [0.15, 0.2) is 30.3 Å². The Morgan fingerprint density at radius 2 is 1.90 bits per heavy atom. The molecule has 3 N–H and O–H groups in total. The highest BCUT2D eigenvalue weighted by atomic mass is 32.2. The standard InChI is InChI=1S/C17H28N2OS/c1-4-17(5-2,14-9-7-6-8-10-14)13-19-16(20)15(18)11-12-21-3/h6-10,15H,4-5,11-13,18H2,1-3H3,(H,19,20)/t15-/m0/s1. The molecule has 0 heterocycles. The largest absolute Gasteiger partial charge is 0.354 e. The van der Waals surface area contributed by atoms with Crippen LogP contribution in [0.2, 0.25) is 0 Å². The number of benzene rings is 1. The third-order valence-corrected chi connectivity index (χ3v) is 4.95. The quantitative estimate of drug-likeness (QED) is 0.737. The van der Waals surface area contributed by atoms with Gasteiger partial charge in [0.05, 0.1) is 6.04 Å². The zero-order valence-electron chi connectivity index (χ0n) is 13.4. The summed E-state index contributed by atoms with van der Waals surface area (Å²) in [6.07, 6.45) is 4.74. The van der Waals surface area contributed by atoms with Crippen LogP contribution in [0.5, 0.6) is 0 Å². The summed E-state index contributed by atoms with van der Waals surface area (Å²) in [7, 11) is 0. The Morgan fingerprint density at radius 1 is 1.29 bits per heavy atom. The summed E-state index contributed by atoms with van der Waals surface area (Å²) in [5.74, 6) is 0.881. The molecular weight excluding hydrogens is 280 g/mol. The molecule has 0 fully saturated rings. The summed E-state index contributed by atoms with van der Waals surface area (Å²) < 4.78 is 0. The molecule has 0 aliphatic carbocycles. The van der Waals surface area contributed by atoms with E-state index in [2.05, 4.69) is 43.4 Å². The smallest absolute Gasteiger partial charge is 0.236 e. The maximum absolute atomic E-state index is 12.1. The zero-order valence-corrected chi connectivity index (χ0v) is 14.2. The van der Waals surface area contributed by atoms with E-state index in [0.717, 1.165) is 25.0 Å². The van der Waals surface area contributed by atoms with Gasteiger partial charge in [-0.3, -0.25) is 4.79 Å². The fourth-order valence-corrected chi connectivity index (χ4v) is 3.05. The molecule has 0 bridgehead atoms. The Labute approximate surface area is 133 Å². The molecule has 0 saturated carbocycles. The van der Waals surface area contributed by atoms with Gasteiger partial charge in [0.25, 0.3) is 0 Å². The van der Waals surface area contributed by atoms with Crippen molar-refractivity contribution in [2.75, 3.05) is 18.6 Å². The summed E-state index contributed by atoms with van der Waals surface area (Å²) >= 11 is 1.72. The first-order valence-electron chi connectivity index (χ1n) is 7.67. The van der Waals surface area contributed by atoms with Crippen molar-refractivity contribution in [3.63, 3.8) is 0 Å². The first-order chi connectivity index (χ1) is 10.1. The molecule has 1 atom stereocenters. The van der Waals surface area contributed by atoms with Gasteiger partial charge in [0.15, 0.2) is 0 Å². The normalized spacial score (nSPS) is 13.0. The second-order valence-electron chi connectivity index (χ2n) is 5.46. The fourth-order valence-electron chi connectivity index (χ4n) is 2.57. The molecule has 0 radical (unpaired) electrons. The van der Waals surface area contributed by atoms with Gasteiger partial charge in [-0.2, -0.15) is 11.8 Å². The van der Waals surface area contributed by atoms with Crippen LogP contribution in [0.4, 0.5) is 0 Å². The summed E-state index contributed by atoms with van der Waals surface area (Å²) in [6, 6.07) is 10.0. The van der Waals surface area contributed by atoms with E-state index in [-0.39, 0.29) is 11.3 Å². The van der Waals surface area contributed by atoms with Crippen molar-refractivity contribution in [2.45, 2.75) is 44.6 Å². The third-order valence-electron chi connectivity index (χ3n) is 4.31. The Balaban J connectivity index is 2.70. The summed E-state index contributed by atoms with van der Waals surface area (Å²) in [6.45, 7) is 5.00. The number of rotatable bonds is 9. The molecule has 118 valence electrons. The summed E-state index contributed by atoms with van der Waals surface area (Å²) in [4.78, 5) is 12.1. The number of carbonyl (C=O) groups is 1. The van der Waals surface area contributed by atoms with E-state index in [1.807, 2.05) is 12.3 Å². The van der Waals surface area contributed by atoms with E-state index in [1.165, 1.54) is 5.56 Å². The van der Waals surface area contributed by atoms with Crippen molar-refractivity contribution < 1.29 is 4.79 Å². The molecule has 3 nitrogen and oxygen atoms in total. The van der Waals surface area contributed by atoms with Crippen LogP contribution < -0.4 is 11.1 Å². The molecule has 0 aromatic heterocycles. The monoisotopic (exact) mass is 308 g/mol. The zero-order chi connectivity index (χ0) is 15.7. The second-order valence-corrected chi connectivity index (χ2v) is 6.44. The Bertz CT molecular complexity index is 418. The average molecular weight is 308 g/mol. The van der Waals surface area contributed by atoms with Gasteiger partial charge in [-0.25, -0.2) is 0 Å². The predicted octanol–water partition coefficient (Wildman–Crippen LogP) is 2.94. The molecule has 1 aromatic rings. The van der Waals surface area contributed by atoms with Crippen LogP contribution in [0.1, 0.15) is 38.7 Å². The van der Waals surface area contributed by atoms with Gasteiger partial charge >= 0.3 is 0 Å². The van der Waals surface area contributed by atoms with Crippen molar-refractivity contribution in [1.29, 1.82) is 0 Å². The first-order valence-corrected chi connectivity index (χ1v) is 9.06. The van der Waals surface area contributed by atoms with E-state index >= 15 is 0 Å². The minimum absolute atomic E-state index is 0.00382. The highest BCUT2D eigenvalue weighted by molar-refractivity contribution is 7.98. The lowest BCUT2D eigenvalue weighted by atomic mass is 9.76. The minimum Gasteiger partial charge on any atom is -0.354 e. The number of thioether (sulfide) groups is 1. The van der Waals surface area contributed by atoms with Crippen LogP contribution >= 0.6 is 11.8 Å². The molecule has 0 unspecified atom stereocenters. The van der Waals surface area contributed by atoms with E-state index in [4.69, 9.17) is 5.73 Å². The van der Waals surface area contributed by atoms with Gasteiger partial charge in [-0.1, -0.05) is 44.2 Å². The maximum Gasteiger partial charge on any atom is 0.236 e. The number of hydrogen-bond donors (Lipinski definition) is 2. The van der Waals surface area contributed by atoms with Gasteiger partial charge in [-0.05, 0) is 36.8 Å². The lowest BCUT2D eigenvalue weighted by Crippen LogP contribution is -2.46. The molecular formula is C17H28N2OS. The van der Waals surface area contributed by atoms with Crippen molar-refractivity contribution in [2.24, 2.45) is 5.73 Å². The van der Waals surface area contributed by atoms with Crippen LogP contribution in [0, 0.1) is 0 Å². The average Bonchev–Trinajstić information content (AvgIpc) is 2.54. The molecule has 0 aliphatic heterocycles. The van der Waals surface area contributed by atoms with Crippen LogP contribution in [0.3, 0.4) is 0 Å². The molecule has 1 amide bonds. The highest BCUT2D eigenvalue weighted by Crippen LogP contribution is 2.30. The number of nitrogens with one attached hydrogen (secondary N) is 1. The molecule has 1 rings (SSSR count). The molecule has 1 aromatic carbocycles. The topological polar surface area (TPSA) is 55.1 Å². The van der Waals surface area contributed by atoms with Gasteiger partial charge < -0.3 is 11.1 Å². The van der Waals surface area contributed by atoms with Gasteiger partial charge in [0, 0.05) is 12.0 Å². The van der Waals surface area contributed by atoms with Crippen LogP contribution in [-0.2, 0) is 10.2 Å². The summed E-state index contributed by atoms with van der Waals surface area (Å²) in [5, 5.41) is 3.06. The van der Waals surface area contributed by atoms with Crippen molar-refractivity contribution in [1.82, 2.24) is 5.32 Å². The third kappa shape index (κ3) is 5.04. The maximum atomic E-state index is 12.1. The van der Waals surface area contributed by atoms with E-state index in [9.17, 15) is 4.79 Å². The Morgan fingerprint density at radius 3 is 2.43 bits per heavy atom. The highest BCUT2D eigenvalue weighted by Gasteiger charge is 2.29. The second kappa shape index (κ2) is 9.11. The summed E-state index contributed by atoms with van der Waals surface area (Å²) in [5.41, 5.74) is 7.21. The number of hydrogen-bond acceptors (Lipinski definition) is 3. The SMILES string of the molecule is CCC(CC)(CNC(=O)[C@@H](N)CCSC)c1ccccc1.